The van der Waals surface area contributed by atoms with Crippen LogP contribution < -0.4 is 4.74 Å². The van der Waals surface area contributed by atoms with Crippen molar-refractivity contribution in [2.45, 2.75) is 0 Å². The molecule has 0 bridgehead atoms. The Bertz CT molecular complexity index is 739. The summed E-state index contributed by atoms with van der Waals surface area (Å²) in [5.41, 5.74) is 0.214. The van der Waals surface area contributed by atoms with E-state index < -0.39 is 25.4 Å². The van der Waals surface area contributed by atoms with Gasteiger partial charge in [0.05, 0.1) is 5.56 Å². The Morgan fingerprint density at radius 2 is 1.78 bits per heavy atom. The second kappa shape index (κ2) is 7.51. The van der Waals surface area contributed by atoms with Gasteiger partial charge in [0.25, 0.3) is 0 Å². The van der Waals surface area contributed by atoms with Crippen molar-refractivity contribution < 1.29 is 27.5 Å². The van der Waals surface area contributed by atoms with E-state index in [-0.39, 0.29) is 17.1 Å². The second-order valence-electron chi connectivity index (χ2n) is 4.61. The summed E-state index contributed by atoms with van der Waals surface area (Å²) in [6.45, 7) is 0. The third-order valence-electron chi connectivity index (χ3n) is 3.10. The number of ether oxygens (including phenoxy) is 1. The van der Waals surface area contributed by atoms with Gasteiger partial charge < -0.3 is 13.8 Å². The number of carbonyl (C=O) groups excluding carboxylic acids is 1. The second-order valence-corrected chi connectivity index (χ2v) is 6.88. The predicted molar refractivity (Wildman–Crippen MR) is 83.7 cm³/mol. The van der Waals surface area contributed by atoms with Gasteiger partial charge in [-0.15, -0.1) is 0 Å². The van der Waals surface area contributed by atoms with Crippen LogP contribution in [0.3, 0.4) is 0 Å². The van der Waals surface area contributed by atoms with E-state index in [1.54, 1.807) is 24.3 Å². The van der Waals surface area contributed by atoms with Crippen molar-refractivity contribution in [3.8, 4) is 11.5 Å². The number of hydrogen-bond donors (Lipinski definition) is 0. The molecular formula is C16H16FO5P. The lowest BCUT2D eigenvalue weighted by molar-refractivity contribution is 0.101. The summed E-state index contributed by atoms with van der Waals surface area (Å²) in [6.07, 6.45) is -0.413. The maximum absolute atomic E-state index is 13.2. The van der Waals surface area contributed by atoms with Crippen molar-refractivity contribution in [1.29, 1.82) is 0 Å². The fraction of sp³-hybridized carbons (Fsp3) is 0.188. The lowest BCUT2D eigenvalue weighted by atomic mass is 10.1. The molecule has 122 valence electrons. The van der Waals surface area contributed by atoms with Crippen LogP contribution in [0.15, 0.2) is 48.5 Å². The van der Waals surface area contributed by atoms with E-state index in [9.17, 15) is 13.8 Å². The topological polar surface area (TPSA) is 61.8 Å². The minimum atomic E-state index is -3.48. The van der Waals surface area contributed by atoms with E-state index in [1.807, 2.05) is 0 Å². The normalized spacial score (nSPS) is 11.3. The molecule has 0 fully saturated rings. The maximum Gasteiger partial charge on any atom is 0.337 e. The average Bonchev–Trinajstić information content (AvgIpc) is 2.55. The van der Waals surface area contributed by atoms with Gasteiger partial charge >= 0.3 is 7.60 Å². The van der Waals surface area contributed by atoms with Crippen LogP contribution in [0.25, 0.3) is 0 Å². The molecule has 0 aliphatic carbocycles. The van der Waals surface area contributed by atoms with Crippen LogP contribution in [0.1, 0.15) is 10.4 Å². The first-order valence-corrected chi connectivity index (χ1v) is 8.46. The van der Waals surface area contributed by atoms with E-state index in [2.05, 4.69) is 0 Å². The van der Waals surface area contributed by atoms with E-state index in [1.165, 1.54) is 38.5 Å². The standard InChI is InChI=1S/C16H16FO5P/c1-20-23(19,21-2)11-15(18)14-8-3-4-9-16(14)22-13-7-5-6-12(17)10-13/h3-10H,11H2,1-2H3. The molecule has 0 aromatic heterocycles. The van der Waals surface area contributed by atoms with E-state index >= 15 is 0 Å². The molecule has 0 aliphatic rings. The van der Waals surface area contributed by atoms with Gasteiger partial charge in [-0.25, -0.2) is 4.39 Å². The highest BCUT2D eigenvalue weighted by Gasteiger charge is 2.27. The molecule has 5 nitrogen and oxygen atoms in total. The number of benzene rings is 2. The molecule has 0 amide bonds. The van der Waals surface area contributed by atoms with Gasteiger partial charge in [0.2, 0.25) is 0 Å². The van der Waals surface area contributed by atoms with Gasteiger partial charge in [0.1, 0.15) is 23.5 Å². The molecule has 0 spiro atoms. The summed E-state index contributed by atoms with van der Waals surface area (Å²) in [4.78, 5) is 12.4. The van der Waals surface area contributed by atoms with Crippen LogP contribution in [-0.2, 0) is 13.6 Å². The van der Waals surface area contributed by atoms with Crippen molar-refractivity contribution in [2.75, 3.05) is 20.4 Å². The Morgan fingerprint density at radius 1 is 1.09 bits per heavy atom. The Morgan fingerprint density at radius 3 is 2.43 bits per heavy atom. The van der Waals surface area contributed by atoms with Gasteiger partial charge in [-0.3, -0.25) is 9.36 Å². The predicted octanol–water partition coefficient (Wildman–Crippen LogP) is 4.29. The monoisotopic (exact) mass is 338 g/mol. The first kappa shape index (κ1) is 17.3. The molecule has 7 heteroatoms. The van der Waals surface area contributed by atoms with Gasteiger partial charge in [-0.2, -0.15) is 0 Å². The molecule has 0 saturated carbocycles. The third-order valence-corrected chi connectivity index (χ3v) is 4.89. The molecule has 0 radical (unpaired) electrons. The number of halogens is 1. The number of Topliss-reactive ketones (excluding diaryl/α,β-unsaturated/α-hetero) is 1. The maximum atomic E-state index is 13.2. The fourth-order valence-corrected chi connectivity index (χ4v) is 2.84. The highest BCUT2D eigenvalue weighted by Crippen LogP contribution is 2.47. The molecule has 0 unspecified atom stereocenters. The minimum absolute atomic E-state index is 0.214. The van der Waals surface area contributed by atoms with Crippen molar-refractivity contribution in [3.05, 3.63) is 59.9 Å². The van der Waals surface area contributed by atoms with Crippen molar-refractivity contribution in [3.63, 3.8) is 0 Å². The van der Waals surface area contributed by atoms with Crippen LogP contribution in [0.5, 0.6) is 11.5 Å². The zero-order valence-corrected chi connectivity index (χ0v) is 13.6. The first-order chi connectivity index (χ1) is 11.0. The zero-order valence-electron chi connectivity index (χ0n) is 12.7. The van der Waals surface area contributed by atoms with Crippen LogP contribution in [-0.4, -0.2) is 26.2 Å². The molecule has 23 heavy (non-hydrogen) atoms. The molecule has 2 aromatic rings. The number of rotatable bonds is 7. The summed E-state index contributed by atoms with van der Waals surface area (Å²) in [5, 5.41) is 0. The summed E-state index contributed by atoms with van der Waals surface area (Å²) in [6, 6.07) is 12.0. The van der Waals surface area contributed by atoms with E-state index in [0.29, 0.717) is 0 Å². The van der Waals surface area contributed by atoms with Crippen LogP contribution in [0.4, 0.5) is 4.39 Å². The van der Waals surface area contributed by atoms with Gasteiger partial charge in [0.15, 0.2) is 5.78 Å². The average molecular weight is 338 g/mol. The van der Waals surface area contributed by atoms with E-state index in [4.69, 9.17) is 13.8 Å². The molecule has 0 atom stereocenters. The number of hydrogen-bond acceptors (Lipinski definition) is 5. The Hall–Kier alpha value is -2.01. The SMILES string of the molecule is COP(=O)(CC(=O)c1ccccc1Oc1cccc(F)c1)OC. The lowest BCUT2D eigenvalue weighted by Crippen LogP contribution is -2.09. The first-order valence-electron chi connectivity index (χ1n) is 6.73. The van der Waals surface area contributed by atoms with Crippen LogP contribution in [0.2, 0.25) is 0 Å². The van der Waals surface area contributed by atoms with Gasteiger partial charge in [0, 0.05) is 20.3 Å². The summed E-state index contributed by atoms with van der Waals surface area (Å²) in [5.74, 6) is -0.410. The Kier molecular flexibility index (Phi) is 5.66. The quantitative estimate of drug-likeness (QED) is 0.557. The van der Waals surface area contributed by atoms with Crippen LogP contribution in [0, 0.1) is 5.82 Å². The summed E-state index contributed by atoms with van der Waals surface area (Å²) < 4.78 is 40.4. The van der Waals surface area contributed by atoms with Crippen molar-refractivity contribution in [2.24, 2.45) is 0 Å². The highest BCUT2D eigenvalue weighted by atomic mass is 31.2. The molecule has 2 rings (SSSR count). The summed E-state index contributed by atoms with van der Waals surface area (Å²) in [7, 11) is -1.05. The third kappa shape index (κ3) is 4.48. The van der Waals surface area contributed by atoms with Gasteiger partial charge in [-0.1, -0.05) is 18.2 Å². The number of carbonyl (C=O) groups is 1. The zero-order chi connectivity index (χ0) is 16.9. The Balaban J connectivity index is 2.27. The lowest BCUT2D eigenvalue weighted by Gasteiger charge is -2.14. The molecule has 0 heterocycles. The van der Waals surface area contributed by atoms with Gasteiger partial charge in [-0.05, 0) is 24.3 Å². The van der Waals surface area contributed by atoms with Crippen molar-refractivity contribution >= 4 is 13.4 Å². The highest BCUT2D eigenvalue weighted by molar-refractivity contribution is 7.54. The Labute approximate surface area is 133 Å². The van der Waals surface area contributed by atoms with Crippen LogP contribution >= 0.6 is 7.60 Å². The minimum Gasteiger partial charge on any atom is -0.457 e. The smallest absolute Gasteiger partial charge is 0.337 e. The molecular weight excluding hydrogens is 322 g/mol. The molecule has 0 saturated heterocycles. The van der Waals surface area contributed by atoms with Crippen molar-refractivity contribution in [1.82, 2.24) is 0 Å². The largest absolute Gasteiger partial charge is 0.457 e. The fourth-order valence-electron chi connectivity index (χ4n) is 1.91. The number of para-hydroxylation sites is 1. The molecule has 0 N–H and O–H groups in total. The molecule has 0 aliphatic heterocycles. The molecule has 2 aromatic carbocycles. The number of ketones is 1. The van der Waals surface area contributed by atoms with E-state index in [0.717, 1.165) is 0 Å². The summed E-state index contributed by atoms with van der Waals surface area (Å²) >= 11 is 0.